The first-order valence-corrected chi connectivity index (χ1v) is 20.9. The highest BCUT2D eigenvalue weighted by Crippen LogP contribution is 2.49. The van der Waals surface area contributed by atoms with E-state index in [1.54, 1.807) is 0 Å². The fourth-order valence-corrected chi connectivity index (χ4v) is 11.9. The third-order valence-corrected chi connectivity index (χ3v) is 15.5. The van der Waals surface area contributed by atoms with Gasteiger partial charge in [-0.15, -0.1) is 55.9 Å². The monoisotopic (exact) mass is 748 g/mol. The fourth-order valence-electron chi connectivity index (χ4n) is 6.42. The molecule has 11 heteroatoms. The number of thiophene rings is 3. The van der Waals surface area contributed by atoms with Crippen molar-refractivity contribution in [3.8, 4) is 29.9 Å². The van der Waals surface area contributed by atoms with Crippen LogP contribution in [0.5, 0.6) is 0 Å². The van der Waals surface area contributed by atoms with E-state index >= 15 is 0 Å². The van der Waals surface area contributed by atoms with Crippen LogP contribution in [0.4, 0.5) is 0 Å². The van der Waals surface area contributed by atoms with Gasteiger partial charge in [-0.2, -0.15) is 17.5 Å². The van der Waals surface area contributed by atoms with Gasteiger partial charge in [0.05, 0.1) is 23.5 Å². The quantitative estimate of drug-likeness (QED) is 0.112. The third-order valence-electron chi connectivity index (χ3n) is 9.13. The normalized spacial score (nSPS) is 14.6. The van der Waals surface area contributed by atoms with Crippen LogP contribution < -0.4 is 0 Å². The number of thiol groups is 1. The van der Waals surface area contributed by atoms with E-state index in [9.17, 15) is 0 Å². The van der Waals surface area contributed by atoms with E-state index in [2.05, 4.69) is 90.7 Å². The zero-order valence-electron chi connectivity index (χ0n) is 27.2. The van der Waals surface area contributed by atoms with Gasteiger partial charge in [0.2, 0.25) is 0 Å². The third kappa shape index (κ3) is 5.96. The van der Waals surface area contributed by atoms with Crippen molar-refractivity contribution >= 4 is 117 Å². The lowest BCUT2D eigenvalue weighted by Gasteiger charge is -2.32. The summed E-state index contributed by atoms with van der Waals surface area (Å²) in [7, 11) is 3.06. The van der Waals surface area contributed by atoms with Gasteiger partial charge < -0.3 is 0 Å². The molecule has 0 N–H and O–H groups in total. The summed E-state index contributed by atoms with van der Waals surface area (Å²) >= 11 is 13.0. The molecular formula is C36H37N4PS6. The second-order valence-electron chi connectivity index (χ2n) is 12.9. The largest absolute Gasteiger partial charge is 0.172 e. The van der Waals surface area contributed by atoms with Crippen molar-refractivity contribution in [1.29, 1.82) is 0 Å². The summed E-state index contributed by atoms with van der Waals surface area (Å²) in [5.74, 6) is 0.541. The minimum absolute atomic E-state index is 0.175. The molecule has 0 aliphatic heterocycles. The molecule has 7 rings (SSSR count). The van der Waals surface area contributed by atoms with Gasteiger partial charge in [0.25, 0.3) is 0 Å². The molecule has 0 radical (unpaired) electrons. The van der Waals surface area contributed by atoms with Crippen LogP contribution >= 0.6 is 79.3 Å². The SMILES string of the molecule is C/C=C(\S)c1cc2c(cc(-c3cc(CC(C)C)c(-c4ccc(-c5ccc(C(C)(CCC)C(C)P)s5)s4)s3)c3nsnc32)c2nsnc12. The molecule has 0 aliphatic carbocycles. The van der Waals surface area contributed by atoms with Crippen LogP contribution in [0.15, 0.2) is 48.5 Å². The van der Waals surface area contributed by atoms with Crippen LogP contribution in [0.2, 0.25) is 0 Å². The van der Waals surface area contributed by atoms with Gasteiger partial charge in [-0.25, -0.2) is 0 Å². The molecule has 0 fully saturated rings. The zero-order valence-corrected chi connectivity index (χ0v) is 33.4. The molecule has 4 nitrogen and oxygen atoms in total. The van der Waals surface area contributed by atoms with Gasteiger partial charge in [-0.3, -0.25) is 0 Å². The Hall–Kier alpha value is -2.04. The van der Waals surface area contributed by atoms with Crippen LogP contribution in [0.1, 0.15) is 70.4 Å². The number of hydrogen-bond donors (Lipinski definition) is 1. The van der Waals surface area contributed by atoms with Crippen LogP contribution in [-0.2, 0) is 11.8 Å². The van der Waals surface area contributed by atoms with Gasteiger partial charge in [0.15, 0.2) is 0 Å². The summed E-state index contributed by atoms with van der Waals surface area (Å²) < 4.78 is 19.1. The molecule has 3 unspecified atom stereocenters. The van der Waals surface area contributed by atoms with E-state index in [0.717, 1.165) is 55.3 Å². The standard InChI is InChI=1S/C36H37N4PS6/c1-7-13-36(6,19(5)41)30-12-11-27(44-30)26-9-10-28(43-26)35-20(14-18(3)4)15-29(45-35)24-17-22-21(32-34(24)40-47-38-32)16-23(25(42)8-2)33-31(22)37-46-39-33/h8-12,15-19,42H,7,13-14,41H2,1-6H3/b25-8-. The molecule has 7 aromatic rings. The van der Waals surface area contributed by atoms with E-state index in [1.807, 2.05) is 47.0 Å². The summed E-state index contributed by atoms with van der Waals surface area (Å²) in [5.41, 5.74) is 7.83. The Morgan fingerprint density at radius 1 is 0.830 bits per heavy atom. The molecule has 242 valence electrons. The molecule has 2 aromatic carbocycles. The molecule has 47 heavy (non-hydrogen) atoms. The maximum absolute atomic E-state index is 4.84. The first-order valence-electron chi connectivity index (χ1n) is 15.9. The lowest BCUT2D eigenvalue weighted by atomic mass is 9.81. The van der Waals surface area contributed by atoms with Crippen molar-refractivity contribution in [2.75, 3.05) is 0 Å². The van der Waals surface area contributed by atoms with Crippen LogP contribution in [-0.4, -0.2) is 23.2 Å². The molecule has 0 spiro atoms. The lowest BCUT2D eigenvalue weighted by Crippen LogP contribution is -2.29. The molecule has 5 aromatic heterocycles. The number of benzene rings is 2. The van der Waals surface area contributed by atoms with E-state index in [-0.39, 0.29) is 5.41 Å². The highest BCUT2D eigenvalue weighted by molar-refractivity contribution is 7.90. The molecule has 0 saturated heterocycles. The van der Waals surface area contributed by atoms with E-state index in [0.29, 0.717) is 11.6 Å². The average Bonchev–Trinajstić information content (AvgIpc) is 3.88. The van der Waals surface area contributed by atoms with Crippen molar-refractivity contribution in [3.63, 3.8) is 0 Å². The highest BCUT2D eigenvalue weighted by Gasteiger charge is 2.31. The van der Waals surface area contributed by atoms with E-state index < -0.39 is 0 Å². The Morgan fingerprint density at radius 3 is 2.17 bits per heavy atom. The average molecular weight is 749 g/mol. The molecule has 0 bridgehead atoms. The van der Waals surface area contributed by atoms with Crippen LogP contribution in [0, 0.1) is 5.92 Å². The topological polar surface area (TPSA) is 51.6 Å². The van der Waals surface area contributed by atoms with Gasteiger partial charge >= 0.3 is 0 Å². The Bertz CT molecular complexity index is 2260. The number of hydrogen-bond acceptors (Lipinski definition) is 10. The van der Waals surface area contributed by atoms with Crippen molar-refractivity contribution < 1.29 is 0 Å². The zero-order chi connectivity index (χ0) is 33.0. The van der Waals surface area contributed by atoms with Gasteiger partial charge in [0, 0.05) is 61.5 Å². The first-order chi connectivity index (χ1) is 22.6. The highest BCUT2D eigenvalue weighted by atomic mass is 32.1. The van der Waals surface area contributed by atoms with Crippen molar-refractivity contribution in [2.24, 2.45) is 5.92 Å². The van der Waals surface area contributed by atoms with Crippen molar-refractivity contribution in [3.05, 3.63) is 64.5 Å². The molecule has 5 heterocycles. The first kappa shape index (κ1) is 33.5. The summed E-state index contributed by atoms with van der Waals surface area (Å²) in [6.45, 7) is 13.6. The Labute approximate surface area is 304 Å². The van der Waals surface area contributed by atoms with E-state index in [4.69, 9.17) is 25.7 Å². The number of rotatable bonds is 10. The number of aromatic nitrogens is 4. The summed E-state index contributed by atoms with van der Waals surface area (Å²) in [6, 6.07) is 16.2. The number of fused-ring (bicyclic) bond motifs is 5. The van der Waals surface area contributed by atoms with Crippen molar-refractivity contribution in [2.45, 2.75) is 71.9 Å². The summed E-state index contributed by atoms with van der Waals surface area (Å²) in [4.78, 5) is 8.97. The molecule has 0 amide bonds. The lowest BCUT2D eigenvalue weighted by molar-refractivity contribution is 0.433. The Kier molecular flexibility index (Phi) is 9.50. The Morgan fingerprint density at radius 2 is 1.47 bits per heavy atom. The minimum Gasteiger partial charge on any atom is -0.172 e. The maximum Gasteiger partial charge on any atom is 0.114 e. The summed E-state index contributed by atoms with van der Waals surface area (Å²) in [5, 5.41) is 2.11. The van der Waals surface area contributed by atoms with Gasteiger partial charge in [-0.1, -0.05) is 47.1 Å². The van der Waals surface area contributed by atoms with Crippen molar-refractivity contribution in [1.82, 2.24) is 17.5 Å². The smallest absolute Gasteiger partial charge is 0.114 e. The fraction of sp³-hybridized carbons (Fsp3) is 0.333. The number of nitrogens with zero attached hydrogens (tertiary/aromatic N) is 4. The van der Waals surface area contributed by atoms with E-state index in [1.165, 1.54) is 71.1 Å². The predicted molar refractivity (Wildman–Crippen MR) is 218 cm³/mol. The minimum atomic E-state index is 0.175. The molecule has 3 atom stereocenters. The summed E-state index contributed by atoms with van der Waals surface area (Å²) in [6.07, 6.45) is 5.40. The predicted octanol–water partition coefficient (Wildman–Crippen LogP) is 12.8. The molecule has 0 saturated carbocycles. The second-order valence-corrected chi connectivity index (χ2v) is 18.6. The van der Waals surface area contributed by atoms with Gasteiger partial charge in [0.1, 0.15) is 22.1 Å². The van der Waals surface area contributed by atoms with Crippen LogP contribution in [0.3, 0.4) is 0 Å². The molecular weight excluding hydrogens is 712 g/mol. The van der Waals surface area contributed by atoms with Crippen LogP contribution in [0.25, 0.3) is 67.7 Å². The number of allylic oxidation sites excluding steroid dienone is 1. The Balaban J connectivity index is 1.34. The second kappa shape index (κ2) is 13.3. The molecule has 0 aliphatic rings. The maximum atomic E-state index is 4.84. The van der Waals surface area contributed by atoms with Gasteiger partial charge in [-0.05, 0) is 79.4 Å².